The minimum Gasteiger partial charge on any atom is -0.435 e. The number of hydrogen-bond donors (Lipinski definition) is 2. The molecule has 2 N–H and O–H groups in total. The van der Waals surface area contributed by atoms with Gasteiger partial charge in [-0.25, -0.2) is 4.98 Å². The highest BCUT2D eigenvalue weighted by atomic mass is 16.4. The Kier molecular flexibility index (Phi) is 5.51. The van der Waals surface area contributed by atoms with E-state index in [-0.39, 0.29) is 5.91 Å². The number of rotatable bonds is 4. The zero-order valence-electron chi connectivity index (χ0n) is 17.0. The summed E-state index contributed by atoms with van der Waals surface area (Å²) < 4.78 is 5.67. The molecule has 1 amide bonds. The summed E-state index contributed by atoms with van der Waals surface area (Å²) >= 11 is 0. The summed E-state index contributed by atoms with van der Waals surface area (Å²) in [5, 5.41) is 0. The van der Waals surface area contributed by atoms with Crippen molar-refractivity contribution in [3.05, 3.63) is 52.7 Å². The van der Waals surface area contributed by atoms with Crippen molar-refractivity contribution >= 4 is 5.91 Å². The second kappa shape index (κ2) is 8.05. The molecule has 2 saturated heterocycles. The van der Waals surface area contributed by atoms with Gasteiger partial charge in [0.05, 0.1) is 5.69 Å². The van der Waals surface area contributed by atoms with Gasteiger partial charge in [-0.15, -0.1) is 0 Å². The molecular formula is C22H30N4O2. The third kappa shape index (κ3) is 3.71. The number of carbonyl (C=O) groups excluding carboxylic acids is 1. The predicted molar refractivity (Wildman–Crippen MR) is 108 cm³/mol. The predicted octanol–water partition coefficient (Wildman–Crippen LogP) is 2.97. The molecule has 2 unspecified atom stereocenters. The highest BCUT2D eigenvalue weighted by molar-refractivity contribution is 5.92. The first-order chi connectivity index (χ1) is 13.6. The number of oxazole rings is 1. The van der Waals surface area contributed by atoms with E-state index < -0.39 is 0 Å². The van der Waals surface area contributed by atoms with Crippen molar-refractivity contribution in [1.29, 1.82) is 0 Å². The summed E-state index contributed by atoms with van der Waals surface area (Å²) in [7, 11) is 0. The Bertz CT molecular complexity index is 839. The largest absolute Gasteiger partial charge is 0.435 e. The third-order valence-corrected chi connectivity index (χ3v) is 6.17. The molecule has 0 radical (unpaired) electrons. The molecule has 1 aromatic heterocycles. The Balaban J connectivity index is 1.41. The van der Waals surface area contributed by atoms with E-state index in [0.29, 0.717) is 41.6 Å². The first kappa shape index (κ1) is 19.2. The van der Waals surface area contributed by atoms with Crippen LogP contribution in [0.15, 0.2) is 28.7 Å². The molecule has 2 atom stereocenters. The van der Waals surface area contributed by atoms with Crippen LogP contribution in [0.5, 0.6) is 0 Å². The van der Waals surface area contributed by atoms with Crippen LogP contribution >= 0.6 is 0 Å². The second-order valence-corrected chi connectivity index (χ2v) is 8.08. The van der Waals surface area contributed by atoms with E-state index in [9.17, 15) is 4.79 Å². The van der Waals surface area contributed by atoms with Crippen LogP contribution in [0.3, 0.4) is 0 Å². The van der Waals surface area contributed by atoms with Gasteiger partial charge in [-0.3, -0.25) is 15.6 Å². The molecule has 3 heterocycles. The van der Waals surface area contributed by atoms with E-state index in [2.05, 4.69) is 47.0 Å². The van der Waals surface area contributed by atoms with Crippen molar-refractivity contribution in [2.45, 2.75) is 52.0 Å². The normalized spacial score (nSPS) is 23.3. The van der Waals surface area contributed by atoms with Gasteiger partial charge in [0, 0.05) is 38.0 Å². The van der Waals surface area contributed by atoms with E-state index in [1.165, 1.54) is 11.1 Å². The molecule has 0 aliphatic carbocycles. The van der Waals surface area contributed by atoms with Gasteiger partial charge < -0.3 is 9.32 Å². The first-order valence-electron chi connectivity index (χ1n) is 10.4. The lowest BCUT2D eigenvalue weighted by atomic mass is 9.80. The molecule has 0 bridgehead atoms. The topological polar surface area (TPSA) is 70.4 Å². The Morgan fingerprint density at radius 2 is 2.07 bits per heavy atom. The molecule has 150 valence electrons. The molecule has 28 heavy (non-hydrogen) atoms. The lowest BCUT2D eigenvalue weighted by Crippen LogP contribution is -2.45. The van der Waals surface area contributed by atoms with Crippen LogP contribution in [-0.2, 0) is 6.42 Å². The summed E-state index contributed by atoms with van der Waals surface area (Å²) in [6.45, 7) is 8.47. The molecule has 2 fully saturated rings. The maximum Gasteiger partial charge on any atom is 0.291 e. The average molecular weight is 383 g/mol. The molecule has 2 aliphatic heterocycles. The van der Waals surface area contributed by atoms with Crippen LogP contribution < -0.4 is 10.9 Å². The van der Waals surface area contributed by atoms with Gasteiger partial charge in [-0.1, -0.05) is 36.8 Å². The zero-order valence-corrected chi connectivity index (χ0v) is 17.0. The lowest BCUT2D eigenvalue weighted by Gasteiger charge is -2.36. The number of piperidine rings is 1. The molecule has 1 aromatic carbocycles. The first-order valence-corrected chi connectivity index (χ1v) is 10.4. The minimum absolute atomic E-state index is 0.0177. The molecular weight excluding hydrogens is 352 g/mol. The van der Waals surface area contributed by atoms with Gasteiger partial charge in [0.15, 0.2) is 5.89 Å². The maximum atomic E-state index is 12.9. The standard InChI is InChI=1S/C22H30N4O2/c1-4-19-24-15(3)21(28-19)22(27)26-10-8-16(9-11-26)20-18(13-23-25-20)17-7-5-6-14(2)12-17/h5-7,12,16,18,20,23,25H,4,8-11,13H2,1-3H3. The molecule has 6 heteroatoms. The Morgan fingerprint density at radius 1 is 1.29 bits per heavy atom. The number of hydrazine groups is 1. The van der Waals surface area contributed by atoms with Gasteiger partial charge in [-0.2, -0.15) is 0 Å². The zero-order chi connectivity index (χ0) is 19.7. The number of amides is 1. The van der Waals surface area contributed by atoms with Crippen molar-refractivity contribution in [2.75, 3.05) is 19.6 Å². The highest BCUT2D eigenvalue weighted by Crippen LogP contribution is 2.33. The summed E-state index contributed by atoms with van der Waals surface area (Å²) in [5.74, 6) is 2.05. The Hall–Kier alpha value is -2.18. The van der Waals surface area contributed by atoms with Crippen molar-refractivity contribution in [3.8, 4) is 0 Å². The molecule has 0 saturated carbocycles. The van der Waals surface area contributed by atoms with E-state index in [1.807, 2.05) is 18.7 Å². The van der Waals surface area contributed by atoms with Crippen molar-refractivity contribution in [3.63, 3.8) is 0 Å². The van der Waals surface area contributed by atoms with Crippen LogP contribution in [0.1, 0.15) is 58.9 Å². The summed E-state index contributed by atoms with van der Waals surface area (Å²) in [6, 6.07) is 9.22. The lowest BCUT2D eigenvalue weighted by molar-refractivity contribution is 0.0635. The summed E-state index contributed by atoms with van der Waals surface area (Å²) in [6.07, 6.45) is 2.71. The highest BCUT2D eigenvalue weighted by Gasteiger charge is 2.37. The van der Waals surface area contributed by atoms with E-state index in [4.69, 9.17) is 4.42 Å². The van der Waals surface area contributed by atoms with Crippen LogP contribution in [-0.4, -0.2) is 41.5 Å². The van der Waals surface area contributed by atoms with Gasteiger partial charge >= 0.3 is 0 Å². The number of benzene rings is 1. The smallest absolute Gasteiger partial charge is 0.291 e. The van der Waals surface area contributed by atoms with Crippen LogP contribution in [0.2, 0.25) is 0 Å². The van der Waals surface area contributed by atoms with Crippen LogP contribution in [0, 0.1) is 19.8 Å². The Labute approximate surface area is 166 Å². The fraction of sp³-hybridized carbons (Fsp3) is 0.545. The van der Waals surface area contributed by atoms with Gasteiger partial charge in [0.2, 0.25) is 5.76 Å². The SMILES string of the molecule is CCc1nc(C)c(C(=O)N2CCC(C3NNCC3c3cccc(C)c3)CC2)o1. The van der Waals surface area contributed by atoms with Crippen LogP contribution in [0.25, 0.3) is 0 Å². The minimum atomic E-state index is -0.0177. The number of likely N-dealkylation sites (tertiary alicyclic amines) is 1. The monoisotopic (exact) mass is 382 g/mol. The number of aryl methyl sites for hydroxylation is 3. The number of nitrogens with zero attached hydrogens (tertiary/aromatic N) is 2. The molecule has 0 spiro atoms. The molecule has 6 nitrogen and oxygen atoms in total. The number of aromatic nitrogens is 1. The quantitative estimate of drug-likeness (QED) is 0.851. The molecule has 4 rings (SSSR count). The van der Waals surface area contributed by atoms with Crippen molar-refractivity contribution in [1.82, 2.24) is 20.7 Å². The van der Waals surface area contributed by atoms with Crippen molar-refractivity contribution < 1.29 is 9.21 Å². The van der Waals surface area contributed by atoms with E-state index >= 15 is 0 Å². The second-order valence-electron chi connectivity index (χ2n) is 8.08. The third-order valence-electron chi connectivity index (χ3n) is 6.17. The number of nitrogens with one attached hydrogen (secondary N) is 2. The maximum absolute atomic E-state index is 12.9. The average Bonchev–Trinajstić information content (AvgIpc) is 3.34. The summed E-state index contributed by atoms with van der Waals surface area (Å²) in [4.78, 5) is 19.1. The molecule has 2 aliphatic rings. The van der Waals surface area contributed by atoms with Crippen molar-refractivity contribution in [2.24, 2.45) is 5.92 Å². The van der Waals surface area contributed by atoms with Gasteiger partial charge in [0.25, 0.3) is 5.91 Å². The van der Waals surface area contributed by atoms with Crippen LogP contribution in [0.4, 0.5) is 0 Å². The summed E-state index contributed by atoms with van der Waals surface area (Å²) in [5.41, 5.74) is 10.3. The molecule has 2 aromatic rings. The van der Waals surface area contributed by atoms with Gasteiger partial charge in [0.1, 0.15) is 0 Å². The fourth-order valence-corrected chi connectivity index (χ4v) is 4.59. The number of hydrogen-bond acceptors (Lipinski definition) is 5. The van der Waals surface area contributed by atoms with E-state index in [1.54, 1.807) is 0 Å². The number of carbonyl (C=O) groups is 1. The Morgan fingerprint density at radius 3 is 2.75 bits per heavy atom. The fourth-order valence-electron chi connectivity index (χ4n) is 4.59. The van der Waals surface area contributed by atoms with Gasteiger partial charge in [-0.05, 0) is 38.2 Å². The van der Waals surface area contributed by atoms with E-state index in [0.717, 1.165) is 32.5 Å².